The van der Waals surface area contributed by atoms with E-state index in [0.29, 0.717) is 12.1 Å². The zero-order valence-corrected chi connectivity index (χ0v) is 9.32. The highest BCUT2D eigenvalue weighted by molar-refractivity contribution is 5.97. The van der Waals surface area contributed by atoms with Gasteiger partial charge in [0.05, 0.1) is 11.8 Å². The Balaban J connectivity index is 1.73. The Bertz CT molecular complexity index is 359. The lowest BCUT2D eigenvalue weighted by Gasteiger charge is -2.39. The molecule has 3 rings (SSSR count). The monoisotopic (exact) mass is 219 g/mol. The van der Waals surface area contributed by atoms with Gasteiger partial charge < -0.3 is 9.73 Å². The molecule has 3 heteroatoms. The molecule has 2 aliphatic heterocycles. The molecule has 1 aromatic heterocycles. The predicted octanol–water partition coefficient (Wildman–Crippen LogP) is 2.38. The number of nitrogens with one attached hydrogen (secondary N) is 1. The number of Topliss-reactive ketones (excluding diaryl/α,β-unsaturated/α-hetero) is 1. The SMILES string of the molecule is O=C(c1ccoc1)C1CC2CCCC(C1)N2. The normalized spacial score (nSPS) is 33.6. The molecule has 1 aromatic rings. The highest BCUT2D eigenvalue weighted by atomic mass is 16.3. The summed E-state index contributed by atoms with van der Waals surface area (Å²) >= 11 is 0. The Morgan fingerprint density at radius 3 is 2.69 bits per heavy atom. The lowest BCUT2D eigenvalue weighted by atomic mass is 9.77. The summed E-state index contributed by atoms with van der Waals surface area (Å²) in [6.07, 6.45) is 8.92. The highest BCUT2D eigenvalue weighted by Crippen LogP contribution is 2.31. The van der Waals surface area contributed by atoms with Crippen molar-refractivity contribution in [3.8, 4) is 0 Å². The van der Waals surface area contributed by atoms with Gasteiger partial charge in [-0.3, -0.25) is 4.79 Å². The first-order chi connectivity index (χ1) is 7.83. The summed E-state index contributed by atoms with van der Waals surface area (Å²) in [7, 11) is 0. The van der Waals surface area contributed by atoms with Crippen LogP contribution in [0.2, 0.25) is 0 Å². The molecule has 2 atom stereocenters. The van der Waals surface area contributed by atoms with Crippen LogP contribution in [0.15, 0.2) is 23.0 Å². The second kappa shape index (κ2) is 4.06. The van der Waals surface area contributed by atoms with Crippen molar-refractivity contribution in [3.05, 3.63) is 24.2 Å². The van der Waals surface area contributed by atoms with E-state index in [9.17, 15) is 4.79 Å². The van der Waals surface area contributed by atoms with Crippen LogP contribution in [-0.2, 0) is 0 Å². The van der Waals surface area contributed by atoms with Crippen molar-refractivity contribution >= 4 is 5.78 Å². The van der Waals surface area contributed by atoms with Gasteiger partial charge in [-0.25, -0.2) is 0 Å². The van der Waals surface area contributed by atoms with Gasteiger partial charge >= 0.3 is 0 Å². The fourth-order valence-electron chi connectivity index (χ4n) is 3.12. The minimum Gasteiger partial charge on any atom is -0.472 e. The number of carbonyl (C=O) groups is 1. The third-order valence-corrected chi connectivity index (χ3v) is 3.89. The quantitative estimate of drug-likeness (QED) is 0.776. The van der Waals surface area contributed by atoms with Crippen molar-refractivity contribution in [1.29, 1.82) is 0 Å². The van der Waals surface area contributed by atoms with Crippen LogP contribution in [0.25, 0.3) is 0 Å². The molecule has 2 unspecified atom stereocenters. The van der Waals surface area contributed by atoms with E-state index in [1.807, 2.05) is 0 Å². The lowest BCUT2D eigenvalue weighted by Crippen LogP contribution is -2.50. The number of hydrogen-bond acceptors (Lipinski definition) is 3. The Hall–Kier alpha value is -1.09. The van der Waals surface area contributed by atoms with Gasteiger partial charge in [0.2, 0.25) is 0 Å². The fourth-order valence-corrected chi connectivity index (χ4v) is 3.12. The number of carbonyl (C=O) groups excluding carboxylic acids is 1. The van der Waals surface area contributed by atoms with E-state index < -0.39 is 0 Å². The Morgan fingerprint density at radius 1 is 1.31 bits per heavy atom. The van der Waals surface area contributed by atoms with Crippen molar-refractivity contribution in [2.45, 2.75) is 44.2 Å². The zero-order valence-electron chi connectivity index (χ0n) is 9.32. The Labute approximate surface area is 95.2 Å². The van der Waals surface area contributed by atoms with Crippen LogP contribution in [-0.4, -0.2) is 17.9 Å². The summed E-state index contributed by atoms with van der Waals surface area (Å²) in [6.45, 7) is 0. The van der Waals surface area contributed by atoms with E-state index in [4.69, 9.17) is 4.42 Å². The van der Waals surface area contributed by atoms with Crippen LogP contribution in [0.5, 0.6) is 0 Å². The van der Waals surface area contributed by atoms with Crippen LogP contribution in [0.4, 0.5) is 0 Å². The molecular formula is C13H17NO2. The van der Waals surface area contributed by atoms with Gasteiger partial charge in [0, 0.05) is 18.0 Å². The molecule has 1 N–H and O–H groups in total. The summed E-state index contributed by atoms with van der Waals surface area (Å²) in [6, 6.07) is 2.90. The topological polar surface area (TPSA) is 42.2 Å². The summed E-state index contributed by atoms with van der Waals surface area (Å²) in [5.41, 5.74) is 0.741. The van der Waals surface area contributed by atoms with E-state index in [-0.39, 0.29) is 11.7 Å². The number of hydrogen-bond donors (Lipinski definition) is 1. The average Bonchev–Trinajstić information content (AvgIpc) is 2.81. The molecule has 86 valence electrons. The van der Waals surface area contributed by atoms with Crippen molar-refractivity contribution < 1.29 is 9.21 Å². The maximum atomic E-state index is 12.2. The van der Waals surface area contributed by atoms with Gasteiger partial charge in [-0.2, -0.15) is 0 Å². The fraction of sp³-hybridized carbons (Fsp3) is 0.615. The molecule has 2 aliphatic rings. The van der Waals surface area contributed by atoms with Crippen LogP contribution < -0.4 is 5.32 Å². The second-order valence-corrected chi connectivity index (χ2v) is 5.04. The van der Waals surface area contributed by atoms with E-state index >= 15 is 0 Å². The Morgan fingerprint density at radius 2 is 2.06 bits per heavy atom. The number of fused-ring (bicyclic) bond motifs is 2. The summed E-state index contributed by atoms with van der Waals surface area (Å²) in [5.74, 6) is 0.473. The third-order valence-electron chi connectivity index (χ3n) is 3.89. The molecule has 0 spiro atoms. The van der Waals surface area contributed by atoms with Gasteiger partial charge in [0.15, 0.2) is 5.78 Å². The molecule has 3 nitrogen and oxygen atoms in total. The molecule has 0 aromatic carbocycles. The van der Waals surface area contributed by atoms with Crippen LogP contribution in [0.1, 0.15) is 42.5 Å². The number of ketones is 1. The molecular weight excluding hydrogens is 202 g/mol. The average molecular weight is 219 g/mol. The van der Waals surface area contributed by atoms with Crippen LogP contribution in [0, 0.1) is 5.92 Å². The summed E-state index contributed by atoms with van der Waals surface area (Å²) < 4.78 is 4.98. The first kappa shape index (κ1) is 10.1. The lowest BCUT2D eigenvalue weighted by molar-refractivity contribution is 0.0824. The van der Waals surface area contributed by atoms with Gasteiger partial charge in [0.1, 0.15) is 6.26 Å². The minimum absolute atomic E-state index is 0.203. The van der Waals surface area contributed by atoms with E-state index in [0.717, 1.165) is 18.4 Å². The maximum absolute atomic E-state index is 12.2. The van der Waals surface area contributed by atoms with Gasteiger partial charge in [-0.1, -0.05) is 6.42 Å². The third kappa shape index (κ3) is 1.80. The largest absolute Gasteiger partial charge is 0.472 e. The van der Waals surface area contributed by atoms with Crippen molar-refractivity contribution in [2.75, 3.05) is 0 Å². The second-order valence-electron chi connectivity index (χ2n) is 5.04. The molecule has 2 saturated heterocycles. The number of rotatable bonds is 2. The number of piperidine rings is 2. The minimum atomic E-state index is 0.203. The zero-order chi connectivity index (χ0) is 11.0. The molecule has 0 aliphatic carbocycles. The smallest absolute Gasteiger partial charge is 0.169 e. The molecule has 0 amide bonds. The van der Waals surface area contributed by atoms with Crippen molar-refractivity contribution in [1.82, 2.24) is 5.32 Å². The molecule has 3 heterocycles. The van der Waals surface area contributed by atoms with Crippen molar-refractivity contribution in [3.63, 3.8) is 0 Å². The molecule has 2 fully saturated rings. The Kier molecular flexibility index (Phi) is 2.56. The van der Waals surface area contributed by atoms with E-state index in [1.165, 1.54) is 19.3 Å². The van der Waals surface area contributed by atoms with Gasteiger partial charge in [-0.05, 0) is 31.7 Å². The van der Waals surface area contributed by atoms with Gasteiger partial charge in [0.25, 0.3) is 0 Å². The van der Waals surface area contributed by atoms with Crippen molar-refractivity contribution in [2.24, 2.45) is 5.92 Å². The van der Waals surface area contributed by atoms with E-state index in [1.54, 1.807) is 18.6 Å². The number of furan rings is 1. The molecule has 2 bridgehead atoms. The molecule has 16 heavy (non-hydrogen) atoms. The highest BCUT2D eigenvalue weighted by Gasteiger charge is 2.34. The van der Waals surface area contributed by atoms with E-state index in [2.05, 4.69) is 5.32 Å². The first-order valence-electron chi connectivity index (χ1n) is 6.15. The maximum Gasteiger partial charge on any atom is 0.169 e. The molecule has 0 radical (unpaired) electrons. The van der Waals surface area contributed by atoms with Gasteiger partial charge in [-0.15, -0.1) is 0 Å². The first-order valence-corrected chi connectivity index (χ1v) is 6.15. The van der Waals surface area contributed by atoms with Crippen LogP contribution >= 0.6 is 0 Å². The molecule has 0 saturated carbocycles. The predicted molar refractivity (Wildman–Crippen MR) is 60.3 cm³/mol. The van der Waals surface area contributed by atoms with Crippen LogP contribution in [0.3, 0.4) is 0 Å². The summed E-state index contributed by atoms with van der Waals surface area (Å²) in [5, 5.41) is 3.61. The summed E-state index contributed by atoms with van der Waals surface area (Å²) in [4.78, 5) is 12.2. The standard InChI is InChI=1S/C13H17NO2/c15-13(9-4-5-16-8-9)10-6-11-2-1-3-12(7-10)14-11/h4-5,8,10-12,14H,1-3,6-7H2.